The van der Waals surface area contributed by atoms with Crippen molar-refractivity contribution in [3.05, 3.63) is 70.8 Å². The molecule has 0 atom stereocenters. The lowest BCUT2D eigenvalue weighted by Crippen LogP contribution is -2.36. The van der Waals surface area contributed by atoms with Gasteiger partial charge in [0, 0.05) is 26.7 Å². The minimum absolute atomic E-state index is 0. The second-order valence-corrected chi connectivity index (χ2v) is 5.93. The average Bonchev–Trinajstić information content (AvgIpc) is 2.67. The molecule has 8 heteroatoms. The summed E-state index contributed by atoms with van der Waals surface area (Å²) in [5.74, 6) is 0.519. The van der Waals surface area contributed by atoms with Crippen LogP contribution in [0.5, 0.6) is 0 Å². The van der Waals surface area contributed by atoms with Gasteiger partial charge in [0.25, 0.3) is 0 Å². The Morgan fingerprint density at radius 1 is 0.964 bits per heavy atom. The Kier molecular flexibility index (Phi) is 10.3. The lowest BCUT2D eigenvalue weighted by Gasteiger charge is -2.13. The number of benzene rings is 2. The molecule has 0 heterocycles. The van der Waals surface area contributed by atoms with Crippen LogP contribution < -0.4 is 10.6 Å². The minimum Gasteiger partial charge on any atom is -0.377 e. The Morgan fingerprint density at radius 2 is 1.57 bits per heavy atom. The van der Waals surface area contributed by atoms with Crippen LogP contribution >= 0.6 is 24.0 Å². The Morgan fingerprint density at radius 3 is 2.14 bits per heavy atom. The van der Waals surface area contributed by atoms with Crippen molar-refractivity contribution in [1.82, 2.24) is 10.6 Å². The molecule has 2 aromatic carbocycles. The van der Waals surface area contributed by atoms with Gasteiger partial charge in [-0.05, 0) is 35.7 Å². The zero-order chi connectivity index (χ0) is 19.7. The normalized spacial score (nSPS) is 11.7. The lowest BCUT2D eigenvalue weighted by molar-refractivity contribution is -0.137. The van der Waals surface area contributed by atoms with E-state index in [0.717, 1.165) is 23.3 Å². The van der Waals surface area contributed by atoms with Crippen LogP contribution in [-0.2, 0) is 30.6 Å². The van der Waals surface area contributed by atoms with Gasteiger partial charge >= 0.3 is 6.18 Å². The highest BCUT2D eigenvalue weighted by Crippen LogP contribution is 2.29. The van der Waals surface area contributed by atoms with Crippen LogP contribution in [0.4, 0.5) is 13.2 Å². The number of hydrogen-bond acceptors (Lipinski definition) is 2. The number of alkyl halides is 3. The first-order chi connectivity index (χ1) is 12.9. The topological polar surface area (TPSA) is 45.6 Å². The number of hydrogen-bond donors (Lipinski definition) is 2. The monoisotopic (exact) mass is 507 g/mol. The quantitative estimate of drug-likeness (QED) is 0.324. The van der Waals surface area contributed by atoms with Crippen LogP contribution in [0.2, 0.25) is 0 Å². The molecule has 0 amide bonds. The highest BCUT2D eigenvalue weighted by atomic mass is 127. The number of aliphatic imine (C=N–C) groups is 1. The number of guanidine groups is 1. The maximum atomic E-state index is 12.8. The van der Waals surface area contributed by atoms with Crippen LogP contribution in [0, 0.1) is 0 Å². The predicted molar refractivity (Wildman–Crippen MR) is 116 cm³/mol. The molecule has 0 aliphatic rings. The van der Waals surface area contributed by atoms with Crippen LogP contribution in [0.1, 0.15) is 29.2 Å². The third-order valence-electron chi connectivity index (χ3n) is 3.89. The van der Waals surface area contributed by atoms with Gasteiger partial charge in [-0.2, -0.15) is 13.2 Å². The maximum Gasteiger partial charge on any atom is 0.416 e. The first-order valence-electron chi connectivity index (χ1n) is 8.68. The number of halogens is 4. The van der Waals surface area contributed by atoms with Crippen molar-refractivity contribution in [3.8, 4) is 0 Å². The lowest BCUT2D eigenvalue weighted by atomic mass is 10.1. The summed E-state index contributed by atoms with van der Waals surface area (Å²) in [6, 6.07) is 13.3. The summed E-state index contributed by atoms with van der Waals surface area (Å²) in [5.41, 5.74) is 2.05. The average molecular weight is 507 g/mol. The van der Waals surface area contributed by atoms with Crippen LogP contribution in [0.25, 0.3) is 0 Å². The molecule has 0 saturated carbocycles. The second kappa shape index (κ2) is 11.9. The Labute approximate surface area is 180 Å². The summed E-state index contributed by atoms with van der Waals surface area (Å²) in [6.45, 7) is 4.02. The first-order valence-corrected chi connectivity index (χ1v) is 8.68. The number of nitrogens with zero attached hydrogens (tertiary/aromatic N) is 1. The van der Waals surface area contributed by atoms with Crippen molar-refractivity contribution in [1.29, 1.82) is 0 Å². The van der Waals surface area contributed by atoms with E-state index in [0.29, 0.717) is 31.3 Å². The standard InChI is InChI=1S/C20H24F3N3O.HI/c1-3-27-14-16-9-7-15(8-10-16)12-25-19(24-2)26-13-17-5-4-6-18(11-17)20(21,22)23;/h4-11H,3,12-14H2,1-2H3,(H2,24,25,26);1H. The Balaban J connectivity index is 0.00000392. The second-order valence-electron chi connectivity index (χ2n) is 5.93. The van der Waals surface area contributed by atoms with E-state index in [1.165, 1.54) is 6.07 Å². The minimum atomic E-state index is -4.34. The predicted octanol–water partition coefficient (Wildman–Crippen LogP) is 4.73. The molecule has 0 radical (unpaired) electrons. The van der Waals surface area contributed by atoms with Gasteiger partial charge in [0.1, 0.15) is 0 Å². The molecular formula is C20H25F3IN3O. The summed E-state index contributed by atoms with van der Waals surface area (Å²) in [6.07, 6.45) is -4.34. The molecule has 2 N–H and O–H groups in total. The van der Waals surface area contributed by atoms with E-state index in [1.54, 1.807) is 13.1 Å². The molecule has 0 aliphatic heterocycles. The van der Waals surface area contributed by atoms with E-state index in [-0.39, 0.29) is 30.5 Å². The molecule has 0 spiro atoms. The van der Waals surface area contributed by atoms with Gasteiger partial charge in [0.2, 0.25) is 0 Å². The molecule has 2 rings (SSSR count). The highest BCUT2D eigenvalue weighted by Gasteiger charge is 2.30. The summed E-state index contributed by atoms with van der Waals surface area (Å²) in [7, 11) is 1.62. The van der Waals surface area contributed by atoms with Gasteiger partial charge in [-0.1, -0.05) is 36.4 Å². The van der Waals surface area contributed by atoms with Gasteiger partial charge in [0.15, 0.2) is 5.96 Å². The molecular weight excluding hydrogens is 482 g/mol. The number of ether oxygens (including phenoxy) is 1. The van der Waals surface area contributed by atoms with Crippen molar-refractivity contribution in [2.75, 3.05) is 13.7 Å². The Bertz CT molecular complexity index is 749. The zero-order valence-electron chi connectivity index (χ0n) is 15.8. The molecule has 0 fully saturated rings. The highest BCUT2D eigenvalue weighted by molar-refractivity contribution is 14.0. The van der Waals surface area contributed by atoms with E-state index in [2.05, 4.69) is 15.6 Å². The van der Waals surface area contributed by atoms with Gasteiger partial charge in [-0.3, -0.25) is 4.99 Å². The van der Waals surface area contributed by atoms with Crippen LogP contribution in [-0.4, -0.2) is 19.6 Å². The summed E-state index contributed by atoms with van der Waals surface area (Å²) in [4.78, 5) is 4.10. The molecule has 28 heavy (non-hydrogen) atoms. The van der Waals surface area contributed by atoms with Gasteiger partial charge < -0.3 is 15.4 Å². The smallest absolute Gasteiger partial charge is 0.377 e. The number of rotatable bonds is 7. The fraction of sp³-hybridized carbons (Fsp3) is 0.350. The molecule has 0 bridgehead atoms. The third kappa shape index (κ3) is 8.05. The van der Waals surface area contributed by atoms with Crippen molar-refractivity contribution >= 4 is 29.9 Å². The SMILES string of the molecule is CCOCc1ccc(CNC(=NC)NCc2cccc(C(F)(F)F)c2)cc1.I. The molecule has 0 aliphatic carbocycles. The van der Waals surface area contributed by atoms with Crippen molar-refractivity contribution in [2.24, 2.45) is 4.99 Å². The molecule has 4 nitrogen and oxygen atoms in total. The Hall–Kier alpha value is -1.81. The largest absolute Gasteiger partial charge is 0.416 e. The summed E-state index contributed by atoms with van der Waals surface area (Å²) >= 11 is 0. The summed E-state index contributed by atoms with van der Waals surface area (Å²) < 4.78 is 43.7. The van der Waals surface area contributed by atoms with E-state index in [1.807, 2.05) is 31.2 Å². The van der Waals surface area contributed by atoms with Crippen LogP contribution in [0.3, 0.4) is 0 Å². The van der Waals surface area contributed by atoms with Crippen molar-refractivity contribution in [2.45, 2.75) is 32.8 Å². The van der Waals surface area contributed by atoms with Crippen molar-refractivity contribution < 1.29 is 17.9 Å². The first kappa shape index (κ1) is 24.2. The molecule has 2 aromatic rings. The maximum absolute atomic E-state index is 12.8. The molecule has 0 saturated heterocycles. The molecule has 154 valence electrons. The fourth-order valence-corrected chi connectivity index (χ4v) is 2.42. The van der Waals surface area contributed by atoms with Gasteiger partial charge in [-0.15, -0.1) is 24.0 Å². The zero-order valence-corrected chi connectivity index (χ0v) is 18.2. The number of nitrogens with one attached hydrogen (secondary N) is 2. The van der Waals surface area contributed by atoms with E-state index >= 15 is 0 Å². The molecule has 0 aromatic heterocycles. The third-order valence-corrected chi connectivity index (χ3v) is 3.89. The summed E-state index contributed by atoms with van der Waals surface area (Å²) in [5, 5.41) is 6.17. The fourth-order valence-electron chi connectivity index (χ4n) is 2.42. The van der Waals surface area contributed by atoms with E-state index in [4.69, 9.17) is 4.74 Å². The van der Waals surface area contributed by atoms with Gasteiger partial charge in [-0.25, -0.2) is 0 Å². The van der Waals surface area contributed by atoms with Gasteiger partial charge in [0.05, 0.1) is 12.2 Å². The van der Waals surface area contributed by atoms with E-state index in [9.17, 15) is 13.2 Å². The van der Waals surface area contributed by atoms with Crippen molar-refractivity contribution in [3.63, 3.8) is 0 Å². The van der Waals surface area contributed by atoms with E-state index < -0.39 is 11.7 Å². The van der Waals surface area contributed by atoms with Crippen LogP contribution in [0.15, 0.2) is 53.5 Å². The molecule has 0 unspecified atom stereocenters.